The monoisotopic (exact) mass is 209 g/mol. The van der Waals surface area contributed by atoms with Crippen LogP contribution in [0.2, 0.25) is 0 Å². The first-order chi connectivity index (χ1) is 6.54. The molecule has 0 aliphatic rings. The molecule has 1 rings (SSSR count). The molecule has 0 unspecified atom stereocenters. The highest BCUT2D eigenvalue weighted by atomic mass is 32.1. The lowest BCUT2D eigenvalue weighted by Gasteiger charge is -2.12. The largest absolute Gasteiger partial charge is 0.431 e. The number of benzene rings is 1. The smallest absolute Gasteiger partial charge is 0.261 e. The molecule has 1 N–H and O–H groups in total. The molecule has 0 bridgehead atoms. The molecule has 2 nitrogen and oxygen atoms in total. The molecule has 14 heavy (non-hydrogen) atoms. The Labute approximate surface area is 90.3 Å². The standard InChI is InChI=1S/C11H15NOS/c1-7-5-8(2)10(9(3)6-7)13-11(14)12-4/h5-6H,1-4H3,(H,12,14). The van der Waals surface area contributed by atoms with E-state index >= 15 is 0 Å². The van der Waals surface area contributed by atoms with Crippen molar-refractivity contribution in [2.24, 2.45) is 0 Å². The first kappa shape index (κ1) is 11.0. The fraction of sp³-hybridized carbons (Fsp3) is 0.364. The van der Waals surface area contributed by atoms with E-state index in [1.165, 1.54) is 5.56 Å². The Morgan fingerprint density at radius 3 is 2.14 bits per heavy atom. The van der Waals surface area contributed by atoms with Crippen molar-refractivity contribution in [3.8, 4) is 5.75 Å². The summed E-state index contributed by atoms with van der Waals surface area (Å²) in [6.07, 6.45) is 0. The van der Waals surface area contributed by atoms with Crippen molar-refractivity contribution < 1.29 is 4.74 Å². The van der Waals surface area contributed by atoms with Gasteiger partial charge in [0.05, 0.1) is 0 Å². The summed E-state index contributed by atoms with van der Waals surface area (Å²) in [5.41, 5.74) is 3.46. The molecule has 1 aromatic rings. The molecule has 0 heterocycles. The third kappa shape index (κ3) is 2.45. The van der Waals surface area contributed by atoms with Gasteiger partial charge in [0, 0.05) is 7.05 Å². The normalized spacial score (nSPS) is 9.71. The highest BCUT2D eigenvalue weighted by molar-refractivity contribution is 7.80. The molecule has 0 radical (unpaired) electrons. The molecule has 1 aromatic carbocycles. The summed E-state index contributed by atoms with van der Waals surface area (Å²) in [4.78, 5) is 0. The van der Waals surface area contributed by atoms with Crippen LogP contribution in [0.4, 0.5) is 0 Å². The zero-order valence-corrected chi connectivity index (χ0v) is 9.79. The summed E-state index contributed by atoms with van der Waals surface area (Å²) in [5, 5.41) is 3.19. The summed E-state index contributed by atoms with van der Waals surface area (Å²) in [6.45, 7) is 6.11. The molecule has 0 saturated carbocycles. The van der Waals surface area contributed by atoms with E-state index in [4.69, 9.17) is 17.0 Å². The molecule has 0 aromatic heterocycles. The SMILES string of the molecule is CNC(=S)Oc1c(C)cc(C)cc1C. The van der Waals surface area contributed by atoms with Gasteiger partial charge in [-0.15, -0.1) is 0 Å². The molecule has 0 spiro atoms. The molecular formula is C11H15NOS. The molecule has 0 aliphatic heterocycles. The van der Waals surface area contributed by atoms with Gasteiger partial charge in [0.25, 0.3) is 5.17 Å². The van der Waals surface area contributed by atoms with Gasteiger partial charge in [-0.05, 0) is 44.1 Å². The van der Waals surface area contributed by atoms with E-state index in [1.54, 1.807) is 7.05 Å². The van der Waals surface area contributed by atoms with Gasteiger partial charge in [-0.25, -0.2) is 0 Å². The molecular weight excluding hydrogens is 194 g/mol. The summed E-state index contributed by atoms with van der Waals surface area (Å²) in [6, 6.07) is 4.17. The van der Waals surface area contributed by atoms with E-state index < -0.39 is 0 Å². The minimum Gasteiger partial charge on any atom is -0.431 e. The van der Waals surface area contributed by atoms with Crippen LogP contribution >= 0.6 is 12.2 Å². The van der Waals surface area contributed by atoms with Gasteiger partial charge in [0.2, 0.25) is 0 Å². The summed E-state index contributed by atoms with van der Waals surface area (Å²) >= 11 is 4.96. The lowest BCUT2D eigenvalue weighted by Crippen LogP contribution is -2.22. The molecule has 0 amide bonds. The zero-order valence-electron chi connectivity index (χ0n) is 8.97. The quantitative estimate of drug-likeness (QED) is 0.718. The van der Waals surface area contributed by atoms with Gasteiger partial charge in [-0.2, -0.15) is 0 Å². The lowest BCUT2D eigenvalue weighted by atomic mass is 10.1. The Morgan fingerprint density at radius 1 is 1.21 bits per heavy atom. The van der Waals surface area contributed by atoms with Crippen molar-refractivity contribution in [2.75, 3.05) is 7.05 Å². The number of ether oxygens (including phenoxy) is 1. The molecule has 0 fully saturated rings. The topological polar surface area (TPSA) is 21.3 Å². The van der Waals surface area contributed by atoms with Crippen molar-refractivity contribution in [3.05, 3.63) is 28.8 Å². The van der Waals surface area contributed by atoms with Gasteiger partial charge in [-0.1, -0.05) is 17.7 Å². The van der Waals surface area contributed by atoms with Gasteiger partial charge in [0.15, 0.2) is 0 Å². The minimum atomic E-state index is 0.403. The number of hydrogen-bond acceptors (Lipinski definition) is 2. The minimum absolute atomic E-state index is 0.403. The Morgan fingerprint density at radius 2 is 1.71 bits per heavy atom. The summed E-state index contributed by atoms with van der Waals surface area (Å²) in [7, 11) is 1.75. The Bertz CT molecular complexity index is 337. The number of thiocarbonyl (C=S) groups is 1. The van der Waals surface area contributed by atoms with Gasteiger partial charge in [-0.3, -0.25) is 0 Å². The van der Waals surface area contributed by atoms with Crippen LogP contribution in [-0.4, -0.2) is 12.2 Å². The van der Waals surface area contributed by atoms with Crippen LogP contribution in [0.3, 0.4) is 0 Å². The Kier molecular flexibility index (Phi) is 3.47. The second-order valence-electron chi connectivity index (χ2n) is 3.37. The number of nitrogens with one attached hydrogen (secondary N) is 1. The second-order valence-corrected chi connectivity index (χ2v) is 3.74. The molecule has 0 atom stereocenters. The van der Waals surface area contributed by atoms with E-state index in [2.05, 4.69) is 24.4 Å². The third-order valence-electron chi connectivity index (χ3n) is 2.00. The predicted octanol–water partition coefficient (Wildman–Crippen LogP) is 2.49. The van der Waals surface area contributed by atoms with Gasteiger partial charge < -0.3 is 10.1 Å². The number of hydrogen-bond donors (Lipinski definition) is 1. The van der Waals surface area contributed by atoms with Crippen LogP contribution in [0.25, 0.3) is 0 Å². The van der Waals surface area contributed by atoms with E-state index in [9.17, 15) is 0 Å². The maximum Gasteiger partial charge on any atom is 0.261 e. The van der Waals surface area contributed by atoms with Crippen LogP contribution in [0.1, 0.15) is 16.7 Å². The summed E-state index contributed by atoms with van der Waals surface area (Å²) in [5.74, 6) is 0.856. The number of rotatable bonds is 1. The first-order valence-corrected chi connectivity index (χ1v) is 4.93. The van der Waals surface area contributed by atoms with E-state index in [0.29, 0.717) is 5.17 Å². The van der Waals surface area contributed by atoms with Crippen LogP contribution in [-0.2, 0) is 0 Å². The van der Waals surface area contributed by atoms with Crippen LogP contribution in [0, 0.1) is 20.8 Å². The molecule has 3 heteroatoms. The first-order valence-electron chi connectivity index (χ1n) is 4.52. The van der Waals surface area contributed by atoms with Crippen molar-refractivity contribution in [1.82, 2.24) is 5.32 Å². The van der Waals surface area contributed by atoms with Crippen molar-refractivity contribution in [1.29, 1.82) is 0 Å². The average Bonchev–Trinajstić information content (AvgIpc) is 2.10. The molecule has 0 aliphatic carbocycles. The van der Waals surface area contributed by atoms with Crippen molar-refractivity contribution >= 4 is 17.4 Å². The van der Waals surface area contributed by atoms with Gasteiger partial charge >= 0.3 is 0 Å². The van der Waals surface area contributed by atoms with Crippen LogP contribution in [0.5, 0.6) is 5.75 Å². The Hall–Kier alpha value is -1.09. The van der Waals surface area contributed by atoms with E-state index in [0.717, 1.165) is 16.9 Å². The molecule has 76 valence electrons. The number of aryl methyl sites for hydroxylation is 3. The second kappa shape index (κ2) is 4.42. The highest BCUT2D eigenvalue weighted by Gasteiger charge is 2.06. The molecule has 0 saturated heterocycles. The maximum atomic E-state index is 5.50. The van der Waals surface area contributed by atoms with Gasteiger partial charge in [0.1, 0.15) is 5.75 Å². The summed E-state index contributed by atoms with van der Waals surface area (Å²) < 4.78 is 5.50. The van der Waals surface area contributed by atoms with E-state index in [-0.39, 0.29) is 0 Å². The fourth-order valence-electron chi connectivity index (χ4n) is 1.47. The van der Waals surface area contributed by atoms with Crippen molar-refractivity contribution in [3.63, 3.8) is 0 Å². The fourth-order valence-corrected chi connectivity index (χ4v) is 1.55. The van der Waals surface area contributed by atoms with Crippen LogP contribution < -0.4 is 10.1 Å². The lowest BCUT2D eigenvalue weighted by molar-refractivity contribution is 0.532. The predicted molar refractivity (Wildman–Crippen MR) is 62.9 cm³/mol. The van der Waals surface area contributed by atoms with Crippen molar-refractivity contribution in [2.45, 2.75) is 20.8 Å². The third-order valence-corrected chi connectivity index (χ3v) is 2.29. The van der Waals surface area contributed by atoms with Crippen LogP contribution in [0.15, 0.2) is 12.1 Å². The Balaban J connectivity index is 3.02. The highest BCUT2D eigenvalue weighted by Crippen LogP contribution is 2.24. The zero-order chi connectivity index (χ0) is 10.7. The maximum absolute atomic E-state index is 5.50. The van der Waals surface area contributed by atoms with E-state index in [1.807, 2.05) is 13.8 Å². The average molecular weight is 209 g/mol.